The second-order valence-electron chi connectivity index (χ2n) is 5.28. The molecule has 0 amide bonds. The van der Waals surface area contributed by atoms with E-state index in [2.05, 4.69) is 41.4 Å². The Morgan fingerprint density at radius 1 is 1.21 bits per heavy atom. The Morgan fingerprint density at radius 2 is 1.84 bits per heavy atom. The molecular formula is C14H26N4O. The Balaban J connectivity index is 2.55. The van der Waals surface area contributed by atoms with Gasteiger partial charge in [-0.3, -0.25) is 0 Å². The maximum Gasteiger partial charge on any atom is 0.131 e. The normalized spacial score (nSPS) is 12.5. The van der Waals surface area contributed by atoms with Gasteiger partial charge in [-0.15, -0.1) is 0 Å². The Hall–Kier alpha value is -1.36. The molecule has 1 rings (SSSR count). The molecule has 0 fully saturated rings. The third-order valence-electron chi connectivity index (χ3n) is 2.66. The number of aryl methyl sites for hydroxylation is 1. The molecule has 0 aliphatic rings. The summed E-state index contributed by atoms with van der Waals surface area (Å²) < 4.78 is 0. The molecule has 1 unspecified atom stereocenters. The average Bonchev–Trinajstić information content (AvgIpc) is 2.32. The second kappa shape index (κ2) is 7.94. The monoisotopic (exact) mass is 266 g/mol. The number of anilines is 2. The van der Waals surface area contributed by atoms with Crippen molar-refractivity contribution in [3.05, 3.63) is 11.9 Å². The van der Waals surface area contributed by atoms with Gasteiger partial charge in [-0.05, 0) is 25.7 Å². The Labute approximate surface area is 115 Å². The Bertz CT molecular complexity index is 382. The van der Waals surface area contributed by atoms with Crippen LogP contribution in [-0.4, -0.2) is 34.3 Å². The number of nitrogens with one attached hydrogen (secondary N) is 2. The second-order valence-corrected chi connectivity index (χ2v) is 5.28. The summed E-state index contributed by atoms with van der Waals surface area (Å²) in [5.41, 5.74) is 0. The minimum Gasteiger partial charge on any atom is -0.391 e. The topological polar surface area (TPSA) is 70.1 Å². The SMILES string of the molecule is CCCNc1cc(NCC(O)CC(C)C)nc(C)n1. The molecule has 1 atom stereocenters. The first-order valence-corrected chi connectivity index (χ1v) is 7.02. The first-order valence-electron chi connectivity index (χ1n) is 7.02. The van der Waals surface area contributed by atoms with Crippen molar-refractivity contribution in [1.82, 2.24) is 9.97 Å². The Morgan fingerprint density at radius 3 is 2.42 bits per heavy atom. The van der Waals surface area contributed by atoms with Crippen molar-refractivity contribution in [2.75, 3.05) is 23.7 Å². The van der Waals surface area contributed by atoms with E-state index in [-0.39, 0.29) is 6.10 Å². The van der Waals surface area contributed by atoms with E-state index >= 15 is 0 Å². The van der Waals surface area contributed by atoms with Crippen LogP contribution in [0.3, 0.4) is 0 Å². The molecule has 0 aromatic carbocycles. The van der Waals surface area contributed by atoms with Crippen LogP contribution >= 0.6 is 0 Å². The minimum absolute atomic E-state index is 0.345. The van der Waals surface area contributed by atoms with Crippen LogP contribution in [0.2, 0.25) is 0 Å². The third kappa shape index (κ3) is 6.38. The van der Waals surface area contributed by atoms with Gasteiger partial charge in [0.2, 0.25) is 0 Å². The van der Waals surface area contributed by atoms with Crippen LogP contribution in [0.5, 0.6) is 0 Å². The third-order valence-corrected chi connectivity index (χ3v) is 2.66. The number of hydrogen-bond donors (Lipinski definition) is 3. The highest BCUT2D eigenvalue weighted by atomic mass is 16.3. The van der Waals surface area contributed by atoms with Crippen LogP contribution in [0.25, 0.3) is 0 Å². The predicted octanol–water partition coefficient (Wildman–Crippen LogP) is 2.43. The zero-order valence-electron chi connectivity index (χ0n) is 12.4. The molecule has 1 aromatic rings. The van der Waals surface area contributed by atoms with Crippen LogP contribution in [-0.2, 0) is 0 Å². The van der Waals surface area contributed by atoms with Crippen molar-refractivity contribution in [2.24, 2.45) is 5.92 Å². The van der Waals surface area contributed by atoms with Gasteiger partial charge in [0.05, 0.1) is 6.10 Å². The van der Waals surface area contributed by atoms with Crippen LogP contribution in [0.1, 0.15) is 39.4 Å². The van der Waals surface area contributed by atoms with Gasteiger partial charge in [0, 0.05) is 19.2 Å². The van der Waals surface area contributed by atoms with Gasteiger partial charge >= 0.3 is 0 Å². The number of hydrogen-bond acceptors (Lipinski definition) is 5. The number of aromatic nitrogens is 2. The molecule has 0 spiro atoms. The highest BCUT2D eigenvalue weighted by molar-refractivity contribution is 5.47. The zero-order valence-corrected chi connectivity index (χ0v) is 12.4. The van der Waals surface area contributed by atoms with Crippen LogP contribution in [0.15, 0.2) is 6.07 Å². The van der Waals surface area contributed by atoms with Crippen molar-refractivity contribution in [3.8, 4) is 0 Å². The van der Waals surface area contributed by atoms with Crippen molar-refractivity contribution in [3.63, 3.8) is 0 Å². The average molecular weight is 266 g/mol. The maximum absolute atomic E-state index is 9.84. The standard InChI is InChI=1S/C14H26N4O/c1-5-6-15-13-8-14(18-11(4)17-13)16-9-12(19)7-10(2)3/h8,10,12,19H,5-7,9H2,1-4H3,(H2,15,16,17,18). The van der Waals surface area contributed by atoms with E-state index in [1.165, 1.54) is 0 Å². The summed E-state index contributed by atoms with van der Waals surface area (Å²) in [6.45, 7) is 9.60. The van der Waals surface area contributed by atoms with Crippen LogP contribution < -0.4 is 10.6 Å². The van der Waals surface area contributed by atoms with E-state index in [9.17, 15) is 5.11 Å². The van der Waals surface area contributed by atoms with Gasteiger partial charge in [0.1, 0.15) is 17.5 Å². The fraction of sp³-hybridized carbons (Fsp3) is 0.714. The zero-order chi connectivity index (χ0) is 14.3. The molecule has 3 N–H and O–H groups in total. The first kappa shape index (κ1) is 15.7. The van der Waals surface area contributed by atoms with Crippen LogP contribution in [0, 0.1) is 12.8 Å². The van der Waals surface area contributed by atoms with Crippen molar-refractivity contribution < 1.29 is 5.11 Å². The molecule has 1 aromatic heterocycles. The lowest BCUT2D eigenvalue weighted by atomic mass is 10.1. The lowest BCUT2D eigenvalue weighted by Crippen LogP contribution is -2.22. The van der Waals surface area contributed by atoms with E-state index in [4.69, 9.17) is 0 Å². The molecule has 0 aliphatic heterocycles. The summed E-state index contributed by atoms with van der Waals surface area (Å²) in [6, 6.07) is 1.88. The summed E-state index contributed by atoms with van der Waals surface area (Å²) in [7, 11) is 0. The molecule has 0 saturated carbocycles. The minimum atomic E-state index is -0.345. The summed E-state index contributed by atoms with van der Waals surface area (Å²) in [4.78, 5) is 8.64. The van der Waals surface area contributed by atoms with Crippen molar-refractivity contribution >= 4 is 11.6 Å². The molecule has 19 heavy (non-hydrogen) atoms. The molecular weight excluding hydrogens is 240 g/mol. The van der Waals surface area contributed by atoms with Gasteiger partial charge < -0.3 is 15.7 Å². The largest absolute Gasteiger partial charge is 0.391 e. The van der Waals surface area contributed by atoms with E-state index < -0.39 is 0 Å². The first-order chi connectivity index (χ1) is 9.01. The van der Waals surface area contributed by atoms with Crippen molar-refractivity contribution in [2.45, 2.75) is 46.6 Å². The fourth-order valence-electron chi connectivity index (χ4n) is 1.85. The summed E-state index contributed by atoms with van der Waals surface area (Å²) >= 11 is 0. The Kier molecular flexibility index (Phi) is 6.56. The molecule has 5 heteroatoms. The lowest BCUT2D eigenvalue weighted by molar-refractivity contribution is 0.161. The van der Waals surface area contributed by atoms with Gasteiger partial charge in [-0.2, -0.15) is 0 Å². The van der Waals surface area contributed by atoms with Gasteiger partial charge in [-0.25, -0.2) is 9.97 Å². The molecule has 0 saturated heterocycles. The molecule has 0 aliphatic carbocycles. The highest BCUT2D eigenvalue weighted by Crippen LogP contribution is 2.12. The van der Waals surface area contributed by atoms with Gasteiger partial charge in [-0.1, -0.05) is 20.8 Å². The predicted molar refractivity (Wildman–Crippen MR) is 79.5 cm³/mol. The van der Waals surface area contributed by atoms with Gasteiger partial charge in [0.15, 0.2) is 0 Å². The van der Waals surface area contributed by atoms with E-state index in [1.807, 2.05) is 13.0 Å². The van der Waals surface area contributed by atoms with E-state index in [0.29, 0.717) is 12.5 Å². The summed E-state index contributed by atoms with van der Waals surface area (Å²) in [6.07, 6.45) is 1.50. The molecule has 1 heterocycles. The van der Waals surface area contributed by atoms with E-state index in [0.717, 1.165) is 36.8 Å². The molecule has 0 radical (unpaired) electrons. The summed E-state index contributed by atoms with van der Waals surface area (Å²) in [5, 5.41) is 16.2. The number of aliphatic hydroxyl groups excluding tert-OH is 1. The van der Waals surface area contributed by atoms with Crippen molar-refractivity contribution in [1.29, 1.82) is 0 Å². The molecule has 5 nitrogen and oxygen atoms in total. The van der Waals surface area contributed by atoms with Gasteiger partial charge in [0.25, 0.3) is 0 Å². The molecule has 108 valence electrons. The van der Waals surface area contributed by atoms with Crippen LogP contribution in [0.4, 0.5) is 11.6 Å². The highest BCUT2D eigenvalue weighted by Gasteiger charge is 2.08. The number of nitrogens with zero attached hydrogens (tertiary/aromatic N) is 2. The maximum atomic E-state index is 9.84. The fourth-order valence-corrected chi connectivity index (χ4v) is 1.85. The lowest BCUT2D eigenvalue weighted by Gasteiger charge is -2.15. The van der Waals surface area contributed by atoms with E-state index in [1.54, 1.807) is 0 Å². The molecule has 0 bridgehead atoms. The smallest absolute Gasteiger partial charge is 0.131 e. The number of rotatable bonds is 8. The number of aliphatic hydroxyl groups is 1. The summed E-state index contributed by atoms with van der Waals surface area (Å²) in [5.74, 6) is 2.80. The quantitative estimate of drug-likeness (QED) is 0.674.